The zero-order chi connectivity index (χ0) is 22.2. The molecule has 2 heterocycles. The summed E-state index contributed by atoms with van der Waals surface area (Å²) in [4.78, 5) is 14.9. The number of nitrogens with zero attached hydrogens (tertiary/aromatic N) is 3. The van der Waals surface area contributed by atoms with Crippen LogP contribution in [0.4, 0.5) is 11.5 Å². The quantitative estimate of drug-likeness (QED) is 0.634. The molecule has 1 atom stereocenters. The molecule has 0 saturated heterocycles. The van der Waals surface area contributed by atoms with Crippen LogP contribution in [0.15, 0.2) is 66.6 Å². The first-order chi connectivity index (χ1) is 14.8. The fourth-order valence-corrected chi connectivity index (χ4v) is 4.62. The predicted molar refractivity (Wildman–Crippen MR) is 122 cm³/mol. The SMILES string of the molecule is C=CS(=O)(=O)Nc1cccc(C2CC(=O)N(CC)c3c2c(C)nn3-c2ccccc2)c1. The van der Waals surface area contributed by atoms with Crippen LogP contribution in [0.3, 0.4) is 0 Å². The molecule has 8 heteroatoms. The summed E-state index contributed by atoms with van der Waals surface area (Å²) in [6, 6.07) is 16.9. The van der Waals surface area contributed by atoms with E-state index >= 15 is 0 Å². The van der Waals surface area contributed by atoms with Crippen LogP contribution >= 0.6 is 0 Å². The van der Waals surface area contributed by atoms with Crippen LogP contribution in [0.5, 0.6) is 0 Å². The maximum absolute atomic E-state index is 13.1. The molecule has 1 amide bonds. The van der Waals surface area contributed by atoms with E-state index in [2.05, 4.69) is 11.3 Å². The number of hydrogen-bond donors (Lipinski definition) is 1. The van der Waals surface area contributed by atoms with Crippen molar-refractivity contribution in [2.24, 2.45) is 0 Å². The van der Waals surface area contributed by atoms with Crippen molar-refractivity contribution in [1.29, 1.82) is 0 Å². The third kappa shape index (κ3) is 3.86. The third-order valence-corrected chi connectivity index (χ3v) is 6.41. The van der Waals surface area contributed by atoms with E-state index in [9.17, 15) is 13.2 Å². The molecular weight excluding hydrogens is 412 g/mol. The number of benzene rings is 2. The maximum Gasteiger partial charge on any atom is 0.254 e. The minimum Gasteiger partial charge on any atom is -0.297 e. The predicted octanol–water partition coefficient (Wildman–Crippen LogP) is 3.95. The van der Waals surface area contributed by atoms with E-state index in [4.69, 9.17) is 5.10 Å². The van der Waals surface area contributed by atoms with Gasteiger partial charge in [0.25, 0.3) is 10.0 Å². The monoisotopic (exact) mass is 436 g/mol. The summed E-state index contributed by atoms with van der Waals surface area (Å²) in [6.07, 6.45) is 0.291. The molecule has 0 radical (unpaired) electrons. The van der Waals surface area contributed by atoms with Crippen LogP contribution in [-0.2, 0) is 14.8 Å². The number of nitrogens with one attached hydrogen (secondary N) is 1. The normalized spacial score (nSPS) is 16.1. The Hall–Kier alpha value is -3.39. The number of para-hydroxylation sites is 1. The number of anilines is 2. The Morgan fingerprint density at radius 3 is 2.61 bits per heavy atom. The molecule has 4 rings (SSSR count). The molecule has 1 aliphatic rings. The highest BCUT2D eigenvalue weighted by Gasteiger charge is 2.37. The molecule has 0 spiro atoms. The van der Waals surface area contributed by atoms with Crippen LogP contribution in [-0.4, -0.2) is 30.7 Å². The van der Waals surface area contributed by atoms with Crippen molar-refractivity contribution in [3.63, 3.8) is 0 Å². The number of amides is 1. The second-order valence-electron chi connectivity index (χ2n) is 7.40. The Labute approximate surface area is 182 Å². The summed E-state index contributed by atoms with van der Waals surface area (Å²) in [7, 11) is -3.62. The summed E-state index contributed by atoms with van der Waals surface area (Å²) in [5, 5.41) is 5.63. The fraction of sp³-hybridized carbons (Fsp3) is 0.217. The van der Waals surface area contributed by atoms with Gasteiger partial charge in [-0.25, -0.2) is 13.1 Å². The van der Waals surface area contributed by atoms with Crippen LogP contribution in [0.25, 0.3) is 5.69 Å². The number of aryl methyl sites for hydroxylation is 1. The van der Waals surface area contributed by atoms with Crippen molar-refractivity contribution in [3.05, 3.63) is 83.4 Å². The number of fused-ring (bicyclic) bond motifs is 1. The third-order valence-electron chi connectivity index (χ3n) is 5.45. The smallest absolute Gasteiger partial charge is 0.254 e. The number of rotatable bonds is 6. The molecule has 1 N–H and O–H groups in total. The van der Waals surface area contributed by atoms with Gasteiger partial charge in [0.05, 0.1) is 11.4 Å². The molecule has 1 aromatic heterocycles. The van der Waals surface area contributed by atoms with Crippen LogP contribution in [0.2, 0.25) is 0 Å². The zero-order valence-electron chi connectivity index (χ0n) is 17.4. The van der Waals surface area contributed by atoms with Crippen molar-refractivity contribution >= 4 is 27.4 Å². The summed E-state index contributed by atoms with van der Waals surface area (Å²) in [5.41, 5.74) is 3.98. The molecule has 160 valence electrons. The summed E-state index contributed by atoms with van der Waals surface area (Å²) < 4.78 is 28.1. The molecule has 0 aliphatic carbocycles. The van der Waals surface area contributed by atoms with Gasteiger partial charge in [-0.15, -0.1) is 0 Å². The summed E-state index contributed by atoms with van der Waals surface area (Å²) in [6.45, 7) is 7.76. The topological polar surface area (TPSA) is 84.3 Å². The number of aromatic nitrogens is 2. The lowest BCUT2D eigenvalue weighted by molar-refractivity contribution is -0.119. The Kier molecular flexibility index (Phi) is 5.41. The van der Waals surface area contributed by atoms with Gasteiger partial charge in [-0.3, -0.25) is 14.4 Å². The number of carbonyl (C=O) groups excluding carboxylic acids is 1. The highest BCUT2D eigenvalue weighted by molar-refractivity contribution is 7.95. The Morgan fingerprint density at radius 1 is 1.19 bits per heavy atom. The van der Waals surface area contributed by atoms with E-state index in [0.717, 1.165) is 33.7 Å². The van der Waals surface area contributed by atoms with Gasteiger partial charge < -0.3 is 0 Å². The lowest BCUT2D eigenvalue weighted by Crippen LogP contribution is -2.38. The second-order valence-corrected chi connectivity index (χ2v) is 9.03. The lowest BCUT2D eigenvalue weighted by Gasteiger charge is -2.32. The average Bonchev–Trinajstić information content (AvgIpc) is 3.11. The molecule has 0 bridgehead atoms. The van der Waals surface area contributed by atoms with Crippen molar-refractivity contribution < 1.29 is 13.2 Å². The van der Waals surface area contributed by atoms with Gasteiger partial charge in [-0.1, -0.05) is 36.9 Å². The van der Waals surface area contributed by atoms with E-state index < -0.39 is 10.0 Å². The average molecular weight is 437 g/mol. The molecule has 0 saturated carbocycles. The first-order valence-corrected chi connectivity index (χ1v) is 11.6. The zero-order valence-corrected chi connectivity index (χ0v) is 18.3. The van der Waals surface area contributed by atoms with Crippen molar-refractivity contribution in [2.45, 2.75) is 26.2 Å². The van der Waals surface area contributed by atoms with Gasteiger partial charge in [-0.2, -0.15) is 5.10 Å². The molecule has 7 nitrogen and oxygen atoms in total. The maximum atomic E-state index is 13.1. The molecule has 31 heavy (non-hydrogen) atoms. The van der Waals surface area contributed by atoms with E-state index in [1.54, 1.807) is 23.1 Å². The molecule has 1 unspecified atom stereocenters. The highest BCUT2D eigenvalue weighted by atomic mass is 32.2. The van der Waals surface area contributed by atoms with Crippen molar-refractivity contribution in [3.8, 4) is 5.69 Å². The summed E-state index contributed by atoms with van der Waals surface area (Å²) >= 11 is 0. The van der Waals surface area contributed by atoms with Gasteiger partial charge in [0, 0.05) is 35.5 Å². The number of hydrogen-bond acceptors (Lipinski definition) is 4. The van der Waals surface area contributed by atoms with Gasteiger partial charge in [0.2, 0.25) is 5.91 Å². The highest BCUT2D eigenvalue weighted by Crippen LogP contribution is 2.43. The van der Waals surface area contributed by atoms with Gasteiger partial charge in [-0.05, 0) is 43.7 Å². The lowest BCUT2D eigenvalue weighted by atomic mass is 9.85. The van der Waals surface area contributed by atoms with Gasteiger partial charge >= 0.3 is 0 Å². The van der Waals surface area contributed by atoms with E-state index in [1.165, 1.54) is 0 Å². The number of carbonyl (C=O) groups is 1. The fourth-order valence-electron chi connectivity index (χ4n) is 4.08. The molecule has 3 aromatic rings. The Morgan fingerprint density at radius 2 is 1.94 bits per heavy atom. The van der Waals surface area contributed by atoms with Crippen LogP contribution in [0.1, 0.15) is 36.1 Å². The van der Waals surface area contributed by atoms with Gasteiger partial charge in [0.15, 0.2) is 0 Å². The van der Waals surface area contributed by atoms with E-state index in [-0.39, 0.29) is 11.8 Å². The second kappa shape index (κ2) is 8.03. The van der Waals surface area contributed by atoms with Crippen LogP contribution < -0.4 is 9.62 Å². The first kappa shape index (κ1) is 20.9. The molecular formula is C23H24N4O3S. The van der Waals surface area contributed by atoms with Crippen molar-refractivity contribution in [2.75, 3.05) is 16.2 Å². The minimum absolute atomic E-state index is 0.00848. The molecule has 0 fully saturated rings. The molecule has 1 aliphatic heterocycles. The Balaban J connectivity index is 1.85. The van der Waals surface area contributed by atoms with Crippen molar-refractivity contribution in [1.82, 2.24) is 9.78 Å². The number of sulfonamides is 1. The van der Waals surface area contributed by atoms with E-state index in [1.807, 2.05) is 54.9 Å². The standard InChI is InChI=1S/C23H24N4O3S/c1-4-26-21(28)15-20(17-10-9-11-18(14-17)25-31(29,30)5-2)22-16(3)24-27(23(22)26)19-12-7-6-8-13-19/h5-14,20,25H,2,4,15H2,1,3H3. The first-order valence-electron chi connectivity index (χ1n) is 10.0. The minimum atomic E-state index is -3.62. The largest absolute Gasteiger partial charge is 0.297 e. The Bertz CT molecular complexity index is 1250. The molecule has 2 aromatic carbocycles. The van der Waals surface area contributed by atoms with Crippen LogP contribution in [0, 0.1) is 6.92 Å². The summed E-state index contributed by atoms with van der Waals surface area (Å²) in [5.74, 6) is 0.551. The van der Waals surface area contributed by atoms with Gasteiger partial charge in [0.1, 0.15) is 5.82 Å². The van der Waals surface area contributed by atoms with E-state index in [0.29, 0.717) is 18.7 Å².